The summed E-state index contributed by atoms with van der Waals surface area (Å²) in [5.74, 6) is -1.04. The van der Waals surface area contributed by atoms with Crippen molar-refractivity contribution in [2.75, 3.05) is 25.0 Å². The molecule has 2 aromatic carbocycles. The fraction of sp³-hybridized carbons (Fsp3) is 0.250. The van der Waals surface area contributed by atoms with Gasteiger partial charge in [-0.2, -0.15) is 0 Å². The Morgan fingerprint density at radius 3 is 2.66 bits per heavy atom. The first-order valence-corrected chi connectivity index (χ1v) is 10.5. The molecule has 164 valence electrons. The summed E-state index contributed by atoms with van der Waals surface area (Å²) in [6.07, 6.45) is 1.38. The van der Waals surface area contributed by atoms with Crippen LogP contribution in [0.4, 0.5) is 5.69 Å². The second kappa shape index (κ2) is 9.47. The monoisotopic (exact) mass is 433 g/mol. The number of carbonyl (C=O) groups is 3. The molecular formula is C24H23N3O5. The van der Waals surface area contributed by atoms with Crippen molar-refractivity contribution < 1.29 is 18.8 Å². The summed E-state index contributed by atoms with van der Waals surface area (Å²) in [6, 6.07) is 16.7. The van der Waals surface area contributed by atoms with E-state index in [1.807, 2.05) is 6.07 Å². The third-order valence-electron chi connectivity index (χ3n) is 5.47. The maximum absolute atomic E-state index is 12.8. The van der Waals surface area contributed by atoms with Gasteiger partial charge < -0.3 is 20.0 Å². The number of fused-ring (bicyclic) bond motifs is 1. The zero-order chi connectivity index (χ0) is 22.5. The molecule has 8 heteroatoms. The number of benzene rings is 2. The van der Waals surface area contributed by atoms with Crippen LogP contribution in [0.25, 0.3) is 11.0 Å². The third kappa shape index (κ3) is 5.03. The number of piperidine rings is 1. The van der Waals surface area contributed by atoms with Crippen molar-refractivity contribution in [3.63, 3.8) is 0 Å². The summed E-state index contributed by atoms with van der Waals surface area (Å²) in [6.45, 7) is 0.741. The quantitative estimate of drug-likeness (QED) is 0.601. The number of hydrogen-bond acceptors (Lipinski definition) is 5. The van der Waals surface area contributed by atoms with Gasteiger partial charge in [-0.15, -0.1) is 0 Å². The van der Waals surface area contributed by atoms with Gasteiger partial charge in [-0.1, -0.05) is 18.2 Å². The number of anilines is 1. The summed E-state index contributed by atoms with van der Waals surface area (Å²) in [5.41, 5.74) is 1.10. The molecule has 8 nitrogen and oxygen atoms in total. The van der Waals surface area contributed by atoms with E-state index in [1.54, 1.807) is 53.4 Å². The Labute approximate surface area is 184 Å². The van der Waals surface area contributed by atoms with Crippen molar-refractivity contribution in [2.45, 2.75) is 12.8 Å². The van der Waals surface area contributed by atoms with Crippen molar-refractivity contribution >= 4 is 34.4 Å². The molecular weight excluding hydrogens is 410 g/mol. The topological polar surface area (TPSA) is 109 Å². The molecule has 4 rings (SSSR count). The fourth-order valence-corrected chi connectivity index (χ4v) is 3.77. The molecule has 1 aliphatic heterocycles. The molecule has 0 aliphatic carbocycles. The Morgan fingerprint density at radius 1 is 1.03 bits per heavy atom. The minimum atomic E-state index is -0.429. The van der Waals surface area contributed by atoms with Crippen molar-refractivity contribution in [1.29, 1.82) is 0 Å². The molecule has 1 aliphatic rings. The summed E-state index contributed by atoms with van der Waals surface area (Å²) < 4.78 is 5.10. The Hall–Kier alpha value is -3.94. The molecule has 1 atom stereocenters. The van der Waals surface area contributed by atoms with E-state index in [2.05, 4.69) is 10.6 Å². The van der Waals surface area contributed by atoms with E-state index in [0.29, 0.717) is 48.2 Å². The third-order valence-corrected chi connectivity index (χ3v) is 5.47. The minimum absolute atomic E-state index is 0.113. The molecule has 2 heterocycles. The first-order chi connectivity index (χ1) is 15.5. The predicted octanol–water partition coefficient (Wildman–Crippen LogP) is 2.40. The second-order valence-electron chi connectivity index (χ2n) is 7.72. The van der Waals surface area contributed by atoms with Crippen LogP contribution in [0.2, 0.25) is 0 Å². The molecule has 3 aromatic rings. The van der Waals surface area contributed by atoms with Crippen LogP contribution < -0.4 is 16.3 Å². The number of nitrogens with zero attached hydrogens (tertiary/aromatic N) is 1. The van der Waals surface area contributed by atoms with Crippen molar-refractivity contribution in [3.05, 3.63) is 76.6 Å². The smallest absolute Gasteiger partial charge is 0.336 e. The average Bonchev–Trinajstić information content (AvgIpc) is 2.83. The highest BCUT2D eigenvalue weighted by Gasteiger charge is 2.28. The van der Waals surface area contributed by atoms with Gasteiger partial charge in [0.05, 0.1) is 12.5 Å². The fourth-order valence-electron chi connectivity index (χ4n) is 3.77. The number of nitrogens with one attached hydrogen (secondary N) is 2. The number of hydrogen-bond donors (Lipinski definition) is 2. The van der Waals surface area contributed by atoms with Crippen LogP contribution >= 0.6 is 0 Å². The van der Waals surface area contributed by atoms with Crippen molar-refractivity contribution in [2.24, 2.45) is 5.92 Å². The van der Waals surface area contributed by atoms with Crippen LogP contribution in [0.1, 0.15) is 23.2 Å². The van der Waals surface area contributed by atoms with Crippen LogP contribution in [0, 0.1) is 5.92 Å². The highest BCUT2D eigenvalue weighted by Crippen LogP contribution is 2.21. The van der Waals surface area contributed by atoms with E-state index >= 15 is 0 Å². The lowest BCUT2D eigenvalue weighted by molar-refractivity contribution is -0.133. The van der Waals surface area contributed by atoms with Crippen molar-refractivity contribution in [3.8, 4) is 0 Å². The molecule has 1 aromatic heterocycles. The van der Waals surface area contributed by atoms with E-state index in [1.165, 1.54) is 6.07 Å². The minimum Gasteiger partial charge on any atom is -0.423 e. The number of carbonyl (C=O) groups excluding carboxylic acids is 3. The van der Waals surface area contributed by atoms with Crippen LogP contribution in [0.15, 0.2) is 69.9 Å². The Balaban J connectivity index is 1.33. The molecule has 0 radical (unpaired) electrons. The number of likely N-dealkylation sites (tertiary alicyclic amines) is 1. The highest BCUT2D eigenvalue weighted by atomic mass is 16.4. The lowest BCUT2D eigenvalue weighted by Crippen LogP contribution is -2.47. The van der Waals surface area contributed by atoms with Crippen LogP contribution in [0.3, 0.4) is 0 Å². The lowest BCUT2D eigenvalue weighted by Gasteiger charge is -2.32. The first kappa shape index (κ1) is 21.3. The van der Waals surface area contributed by atoms with Crippen molar-refractivity contribution in [1.82, 2.24) is 10.2 Å². The normalized spacial score (nSPS) is 15.9. The molecule has 1 saturated heterocycles. The zero-order valence-corrected chi connectivity index (χ0v) is 17.4. The summed E-state index contributed by atoms with van der Waals surface area (Å²) in [5, 5.41) is 6.23. The van der Waals surface area contributed by atoms with Gasteiger partial charge in [-0.05, 0) is 49.2 Å². The molecule has 0 saturated carbocycles. The second-order valence-corrected chi connectivity index (χ2v) is 7.72. The number of amides is 3. The largest absolute Gasteiger partial charge is 0.423 e. The van der Waals surface area contributed by atoms with Crippen LogP contribution in [0.5, 0.6) is 0 Å². The van der Waals surface area contributed by atoms with E-state index in [-0.39, 0.29) is 30.2 Å². The number of rotatable bonds is 5. The summed E-state index contributed by atoms with van der Waals surface area (Å²) >= 11 is 0. The predicted molar refractivity (Wildman–Crippen MR) is 119 cm³/mol. The average molecular weight is 433 g/mol. The van der Waals surface area contributed by atoms with E-state index < -0.39 is 5.63 Å². The van der Waals surface area contributed by atoms with Gasteiger partial charge in [0.15, 0.2) is 0 Å². The molecule has 1 fully saturated rings. The van der Waals surface area contributed by atoms with Gasteiger partial charge in [-0.25, -0.2) is 4.79 Å². The van der Waals surface area contributed by atoms with Gasteiger partial charge >= 0.3 is 5.63 Å². The standard InChI is InChI=1S/C24H23N3O5/c28-21(14-25-23(30)16-5-2-1-3-6-16)27-12-4-7-18(15-27)24(31)26-19-9-10-20-17(13-19)8-11-22(29)32-20/h1-3,5-6,8-11,13,18H,4,7,12,14-15H2,(H,25,30)(H,26,31)/t18-/m1/s1. The van der Waals surface area contributed by atoms with Crippen LogP contribution in [-0.2, 0) is 9.59 Å². The van der Waals surface area contributed by atoms with Gasteiger partial charge in [-0.3, -0.25) is 14.4 Å². The van der Waals surface area contributed by atoms with Crippen LogP contribution in [-0.4, -0.2) is 42.3 Å². The molecule has 0 unspecified atom stereocenters. The van der Waals surface area contributed by atoms with Gasteiger partial charge in [0.2, 0.25) is 11.8 Å². The summed E-state index contributed by atoms with van der Waals surface area (Å²) in [7, 11) is 0. The maximum atomic E-state index is 12.8. The molecule has 0 bridgehead atoms. The Kier molecular flexibility index (Phi) is 6.30. The SMILES string of the molecule is O=C(NCC(=O)N1CCC[C@@H](C(=O)Nc2ccc3oc(=O)ccc3c2)C1)c1ccccc1. The van der Waals surface area contributed by atoms with E-state index in [9.17, 15) is 19.2 Å². The lowest BCUT2D eigenvalue weighted by atomic mass is 9.97. The molecule has 2 N–H and O–H groups in total. The Bertz CT molecular complexity index is 1200. The molecule has 3 amide bonds. The van der Waals surface area contributed by atoms with Gasteiger partial charge in [0.1, 0.15) is 5.58 Å². The molecule has 0 spiro atoms. The highest BCUT2D eigenvalue weighted by molar-refractivity contribution is 5.97. The maximum Gasteiger partial charge on any atom is 0.336 e. The molecule has 32 heavy (non-hydrogen) atoms. The summed E-state index contributed by atoms with van der Waals surface area (Å²) in [4.78, 5) is 50.4. The van der Waals surface area contributed by atoms with E-state index in [4.69, 9.17) is 4.42 Å². The Morgan fingerprint density at radius 2 is 1.84 bits per heavy atom. The first-order valence-electron chi connectivity index (χ1n) is 10.5. The van der Waals surface area contributed by atoms with Gasteiger partial charge in [0, 0.05) is 35.8 Å². The zero-order valence-electron chi connectivity index (χ0n) is 17.4. The van der Waals surface area contributed by atoms with E-state index in [0.717, 1.165) is 0 Å². The van der Waals surface area contributed by atoms with Gasteiger partial charge in [0.25, 0.3) is 5.91 Å².